The van der Waals surface area contributed by atoms with E-state index < -0.39 is 12.1 Å². The topological polar surface area (TPSA) is 78.4 Å². The van der Waals surface area contributed by atoms with Gasteiger partial charge in [-0.25, -0.2) is 14.4 Å². The smallest absolute Gasteiger partial charge is 0.232 e. The molecule has 0 bridgehead atoms. The van der Waals surface area contributed by atoms with Gasteiger partial charge in [0, 0.05) is 42.8 Å². The number of fused-ring (bicyclic) bond motifs is 1. The Labute approximate surface area is 189 Å². The number of carbonyl (C=O) groups is 2. The SMILES string of the molecule is C[C@@H]1C[C@H](F)c2ncnc(N3CCN(C(=O)C(CNC=O)c4ccc(Br)cc4)CC3)c21. The highest BCUT2D eigenvalue weighted by Gasteiger charge is 2.35. The van der Waals surface area contributed by atoms with Crippen molar-refractivity contribution in [3.63, 3.8) is 0 Å². The normalized spacial score (nSPS) is 21.5. The van der Waals surface area contributed by atoms with Crippen molar-refractivity contribution in [2.75, 3.05) is 37.6 Å². The fraction of sp³-hybridized carbons (Fsp3) is 0.455. The number of aromatic nitrogens is 2. The Hall–Kier alpha value is -2.55. The second-order valence-electron chi connectivity index (χ2n) is 8.04. The van der Waals surface area contributed by atoms with E-state index in [0.29, 0.717) is 44.7 Å². The molecule has 2 aliphatic rings. The summed E-state index contributed by atoms with van der Waals surface area (Å²) < 4.78 is 15.2. The van der Waals surface area contributed by atoms with Gasteiger partial charge in [0.25, 0.3) is 0 Å². The molecule has 0 saturated carbocycles. The highest BCUT2D eigenvalue weighted by Crippen LogP contribution is 2.44. The van der Waals surface area contributed by atoms with Gasteiger partial charge in [0.15, 0.2) is 0 Å². The molecule has 164 valence electrons. The maximum Gasteiger partial charge on any atom is 0.232 e. The van der Waals surface area contributed by atoms with E-state index in [4.69, 9.17) is 0 Å². The summed E-state index contributed by atoms with van der Waals surface area (Å²) in [5.41, 5.74) is 2.27. The van der Waals surface area contributed by atoms with E-state index in [2.05, 4.69) is 36.1 Å². The monoisotopic (exact) mass is 489 g/mol. The lowest BCUT2D eigenvalue weighted by molar-refractivity contribution is -0.133. The van der Waals surface area contributed by atoms with Gasteiger partial charge in [-0.3, -0.25) is 9.59 Å². The van der Waals surface area contributed by atoms with Crippen molar-refractivity contribution in [1.82, 2.24) is 20.2 Å². The molecule has 1 aliphatic heterocycles. The summed E-state index contributed by atoms with van der Waals surface area (Å²) in [5, 5.41) is 2.65. The van der Waals surface area contributed by atoms with Crippen LogP contribution in [0, 0.1) is 0 Å². The summed E-state index contributed by atoms with van der Waals surface area (Å²) in [6, 6.07) is 7.58. The Morgan fingerprint density at radius 3 is 2.65 bits per heavy atom. The lowest BCUT2D eigenvalue weighted by Gasteiger charge is -2.38. The Balaban J connectivity index is 1.47. The standard InChI is InChI=1S/C22H25BrFN5O2/c1-14-10-18(24)20-19(14)21(27-12-26-20)28-6-8-29(9-7-28)22(31)17(11-25-13-30)15-2-4-16(23)5-3-15/h2-5,12-14,17-18H,6-11H2,1H3,(H,25,30)/t14-,17?,18+/m1/s1. The third kappa shape index (κ3) is 4.42. The van der Waals surface area contributed by atoms with Crippen LogP contribution in [0.3, 0.4) is 0 Å². The predicted molar refractivity (Wildman–Crippen MR) is 119 cm³/mol. The fourth-order valence-corrected chi connectivity index (χ4v) is 4.75. The average molecular weight is 490 g/mol. The van der Waals surface area contributed by atoms with Gasteiger partial charge >= 0.3 is 0 Å². The highest BCUT2D eigenvalue weighted by atomic mass is 79.9. The first-order chi connectivity index (χ1) is 15.0. The molecule has 2 heterocycles. The molecule has 3 atom stereocenters. The van der Waals surface area contributed by atoms with E-state index in [1.807, 2.05) is 36.1 Å². The number of nitrogens with zero attached hydrogens (tertiary/aromatic N) is 4. The molecule has 1 unspecified atom stereocenters. The fourth-order valence-electron chi connectivity index (χ4n) is 4.48. The van der Waals surface area contributed by atoms with Crippen molar-refractivity contribution in [2.24, 2.45) is 0 Å². The number of rotatable bonds is 6. The lowest BCUT2D eigenvalue weighted by Crippen LogP contribution is -2.51. The van der Waals surface area contributed by atoms with E-state index in [9.17, 15) is 14.0 Å². The Morgan fingerprint density at radius 1 is 1.26 bits per heavy atom. The molecule has 1 N–H and O–H groups in total. The van der Waals surface area contributed by atoms with Crippen LogP contribution in [0.25, 0.3) is 0 Å². The van der Waals surface area contributed by atoms with E-state index in [-0.39, 0.29) is 18.4 Å². The van der Waals surface area contributed by atoms with Crippen LogP contribution in [0.5, 0.6) is 0 Å². The maximum atomic E-state index is 14.3. The highest BCUT2D eigenvalue weighted by molar-refractivity contribution is 9.10. The molecule has 1 aromatic carbocycles. The number of hydrogen-bond donors (Lipinski definition) is 1. The number of hydrogen-bond acceptors (Lipinski definition) is 5. The summed E-state index contributed by atoms with van der Waals surface area (Å²) >= 11 is 3.41. The summed E-state index contributed by atoms with van der Waals surface area (Å²) in [6.45, 7) is 4.57. The Morgan fingerprint density at radius 2 is 1.97 bits per heavy atom. The molecule has 2 amide bonds. The minimum absolute atomic E-state index is 0.0126. The van der Waals surface area contributed by atoms with Crippen molar-refractivity contribution in [3.05, 3.63) is 51.9 Å². The summed E-state index contributed by atoms with van der Waals surface area (Å²) in [4.78, 5) is 36.7. The van der Waals surface area contributed by atoms with Gasteiger partial charge in [-0.1, -0.05) is 35.0 Å². The molecule has 1 aliphatic carbocycles. The third-order valence-electron chi connectivity index (χ3n) is 6.11. The van der Waals surface area contributed by atoms with Crippen LogP contribution < -0.4 is 10.2 Å². The average Bonchev–Trinajstić information content (AvgIpc) is 3.09. The van der Waals surface area contributed by atoms with Crippen molar-refractivity contribution >= 4 is 34.1 Å². The van der Waals surface area contributed by atoms with Gasteiger partial charge in [-0.05, 0) is 30.0 Å². The van der Waals surface area contributed by atoms with Crippen LogP contribution >= 0.6 is 15.9 Å². The van der Waals surface area contributed by atoms with Gasteiger partial charge in [-0.2, -0.15) is 0 Å². The van der Waals surface area contributed by atoms with Crippen LogP contribution in [0.4, 0.5) is 10.2 Å². The number of nitrogens with one attached hydrogen (secondary N) is 1. The zero-order valence-corrected chi connectivity index (χ0v) is 18.9. The number of carbonyl (C=O) groups excluding carboxylic acids is 2. The van der Waals surface area contributed by atoms with E-state index in [1.165, 1.54) is 6.33 Å². The van der Waals surface area contributed by atoms with Gasteiger partial charge in [-0.15, -0.1) is 0 Å². The molecular formula is C22H25BrFN5O2. The van der Waals surface area contributed by atoms with Crippen LogP contribution in [-0.4, -0.2) is 59.9 Å². The molecule has 0 radical (unpaired) electrons. The molecule has 4 rings (SSSR count). The molecule has 7 nitrogen and oxygen atoms in total. The maximum absolute atomic E-state index is 14.3. The number of halogens is 2. The molecule has 2 aromatic rings. The molecule has 1 fully saturated rings. The van der Waals surface area contributed by atoms with Crippen molar-refractivity contribution in [3.8, 4) is 0 Å². The summed E-state index contributed by atoms with van der Waals surface area (Å²) in [7, 11) is 0. The second kappa shape index (κ2) is 9.30. The van der Waals surface area contributed by atoms with Crippen LogP contribution in [0.1, 0.15) is 48.2 Å². The largest absolute Gasteiger partial charge is 0.358 e. The van der Waals surface area contributed by atoms with Crippen LogP contribution in [-0.2, 0) is 9.59 Å². The minimum atomic E-state index is -1.04. The van der Waals surface area contributed by atoms with Gasteiger partial charge in [0.1, 0.15) is 18.3 Å². The summed E-state index contributed by atoms with van der Waals surface area (Å²) in [6.07, 6.45) is 1.46. The van der Waals surface area contributed by atoms with Gasteiger partial charge < -0.3 is 15.1 Å². The number of alkyl halides is 1. The third-order valence-corrected chi connectivity index (χ3v) is 6.64. The van der Waals surface area contributed by atoms with Crippen molar-refractivity contribution in [2.45, 2.75) is 31.4 Å². The molecular weight excluding hydrogens is 465 g/mol. The summed E-state index contributed by atoms with van der Waals surface area (Å²) in [5.74, 6) is 0.413. The number of anilines is 1. The number of piperazine rings is 1. The lowest BCUT2D eigenvalue weighted by atomic mass is 9.97. The minimum Gasteiger partial charge on any atom is -0.358 e. The first-order valence-corrected chi connectivity index (χ1v) is 11.2. The Kier molecular flexibility index (Phi) is 6.50. The van der Waals surface area contributed by atoms with E-state index in [1.54, 1.807) is 0 Å². The van der Waals surface area contributed by atoms with Crippen LogP contribution in [0.2, 0.25) is 0 Å². The molecule has 1 saturated heterocycles. The molecule has 0 spiro atoms. The molecule has 31 heavy (non-hydrogen) atoms. The molecule has 1 aromatic heterocycles. The zero-order valence-electron chi connectivity index (χ0n) is 17.3. The zero-order chi connectivity index (χ0) is 22.0. The van der Waals surface area contributed by atoms with E-state index >= 15 is 0 Å². The molecule has 9 heteroatoms. The van der Waals surface area contributed by atoms with E-state index in [0.717, 1.165) is 21.4 Å². The first kappa shape index (κ1) is 21.7. The Bertz CT molecular complexity index is 949. The number of amides is 2. The first-order valence-electron chi connectivity index (χ1n) is 10.4. The number of benzene rings is 1. The predicted octanol–water partition coefficient (Wildman–Crippen LogP) is 2.94. The van der Waals surface area contributed by atoms with Gasteiger partial charge in [0.05, 0.1) is 11.6 Å². The van der Waals surface area contributed by atoms with Crippen molar-refractivity contribution < 1.29 is 14.0 Å². The van der Waals surface area contributed by atoms with Crippen molar-refractivity contribution in [1.29, 1.82) is 0 Å². The quantitative estimate of drug-likeness (QED) is 0.631. The van der Waals surface area contributed by atoms with Crippen LogP contribution in [0.15, 0.2) is 35.1 Å². The second-order valence-corrected chi connectivity index (χ2v) is 8.96. The van der Waals surface area contributed by atoms with Gasteiger partial charge in [0.2, 0.25) is 12.3 Å².